The Hall–Kier alpha value is -4.08. The van der Waals surface area contributed by atoms with Crippen molar-refractivity contribution in [3.8, 4) is 0 Å². The van der Waals surface area contributed by atoms with E-state index in [0.29, 0.717) is 31.5 Å². The Bertz CT molecular complexity index is 1250. The number of hydrogen-bond acceptors (Lipinski definition) is 7. The van der Waals surface area contributed by atoms with Gasteiger partial charge in [-0.1, -0.05) is 24.8 Å². The lowest BCUT2D eigenvalue weighted by Gasteiger charge is -2.41. The predicted octanol–water partition coefficient (Wildman–Crippen LogP) is 3.56. The molecule has 0 bridgehead atoms. The molecule has 9 heteroatoms. The van der Waals surface area contributed by atoms with Crippen LogP contribution in [0, 0.1) is 0 Å². The molecule has 0 radical (unpaired) electrons. The van der Waals surface area contributed by atoms with Crippen molar-refractivity contribution in [1.29, 1.82) is 0 Å². The van der Waals surface area contributed by atoms with Crippen LogP contribution >= 0.6 is 0 Å². The number of carbonyl (C=O) groups excluding carboxylic acids is 1. The molecule has 0 aliphatic carbocycles. The fourth-order valence-electron chi connectivity index (χ4n) is 4.78. The van der Waals surface area contributed by atoms with Crippen LogP contribution in [0.2, 0.25) is 0 Å². The lowest BCUT2D eigenvalue weighted by molar-refractivity contribution is -0.111. The number of fused-ring (bicyclic) bond motifs is 1. The highest BCUT2D eigenvalue weighted by molar-refractivity contribution is 5.99. The van der Waals surface area contributed by atoms with E-state index in [1.807, 2.05) is 66.8 Å². The summed E-state index contributed by atoms with van der Waals surface area (Å²) in [6.07, 6.45) is 7.32. The molecule has 1 fully saturated rings. The van der Waals surface area contributed by atoms with Crippen molar-refractivity contribution in [2.75, 3.05) is 55.6 Å². The summed E-state index contributed by atoms with van der Waals surface area (Å²) in [5.41, 5.74) is 16.4. The number of nitrogens with zero attached hydrogens (tertiary/aromatic N) is 3. The van der Waals surface area contributed by atoms with Gasteiger partial charge in [-0.15, -0.1) is 0 Å². The van der Waals surface area contributed by atoms with E-state index in [4.69, 9.17) is 5.73 Å². The third kappa shape index (κ3) is 5.68. The largest absolute Gasteiger partial charge is 0.399 e. The number of allylic oxidation sites excluding steroid dienone is 3. The summed E-state index contributed by atoms with van der Waals surface area (Å²) in [6.45, 7) is 6.63. The summed E-state index contributed by atoms with van der Waals surface area (Å²) in [5.74, 6) is -0.250. The Morgan fingerprint density at radius 2 is 1.92 bits per heavy atom. The Balaban J connectivity index is 1.25. The molecule has 3 aliphatic rings. The van der Waals surface area contributed by atoms with Gasteiger partial charge >= 0.3 is 0 Å². The molecule has 2 aromatic carbocycles. The lowest BCUT2D eigenvalue weighted by Crippen LogP contribution is -2.55. The number of benzene rings is 2. The van der Waals surface area contributed by atoms with Crippen LogP contribution in [0.3, 0.4) is 0 Å². The van der Waals surface area contributed by atoms with E-state index in [-0.39, 0.29) is 12.6 Å². The number of carbonyl (C=O) groups is 1. The summed E-state index contributed by atoms with van der Waals surface area (Å²) in [7, 11) is 0. The second-order valence-electron chi connectivity index (χ2n) is 9.34. The Morgan fingerprint density at radius 1 is 1.14 bits per heavy atom. The van der Waals surface area contributed by atoms with E-state index in [2.05, 4.69) is 37.4 Å². The molecule has 0 spiro atoms. The van der Waals surface area contributed by atoms with Crippen LogP contribution in [0.4, 0.5) is 21.5 Å². The van der Waals surface area contributed by atoms with Gasteiger partial charge in [0.05, 0.1) is 25.0 Å². The van der Waals surface area contributed by atoms with E-state index in [0.717, 1.165) is 47.1 Å². The summed E-state index contributed by atoms with van der Waals surface area (Å²) < 4.78 is 12.4. The molecule has 0 unspecified atom stereocenters. The number of alkyl halides is 1. The normalized spacial score (nSPS) is 18.1. The average molecular weight is 502 g/mol. The molecule has 3 heterocycles. The van der Waals surface area contributed by atoms with Crippen LogP contribution in [0.5, 0.6) is 0 Å². The number of amides is 1. The minimum absolute atomic E-state index is 0.250. The van der Waals surface area contributed by atoms with Gasteiger partial charge in [-0.2, -0.15) is 5.01 Å². The highest BCUT2D eigenvalue weighted by Gasteiger charge is 2.28. The molecular formula is C28H32FN7O. The molecule has 1 saturated heterocycles. The van der Waals surface area contributed by atoms with Crippen LogP contribution in [0.15, 0.2) is 90.8 Å². The van der Waals surface area contributed by atoms with Gasteiger partial charge in [0.25, 0.3) is 0 Å². The molecule has 37 heavy (non-hydrogen) atoms. The Labute approximate surface area is 216 Å². The molecule has 192 valence electrons. The molecule has 5 N–H and O–H groups in total. The third-order valence-corrected chi connectivity index (χ3v) is 6.60. The molecule has 5 rings (SSSR count). The minimum atomic E-state index is -0.296. The van der Waals surface area contributed by atoms with Gasteiger partial charge in [0, 0.05) is 53.7 Å². The zero-order valence-electron chi connectivity index (χ0n) is 20.7. The van der Waals surface area contributed by atoms with Crippen molar-refractivity contribution in [2.24, 2.45) is 5.73 Å². The minimum Gasteiger partial charge on any atom is -0.399 e. The maximum Gasteiger partial charge on any atom is 0.247 e. The SMILES string of the molecule is C=CC(=O)Nc1cccc(C2=CC=CC3=C(N)CN(Nc4ccc(NC5CN(CCF)C5)cc4)CN23)c1. The van der Waals surface area contributed by atoms with Gasteiger partial charge in [-0.3, -0.25) is 9.69 Å². The Morgan fingerprint density at radius 3 is 2.68 bits per heavy atom. The van der Waals surface area contributed by atoms with Gasteiger partial charge in [0.2, 0.25) is 5.91 Å². The van der Waals surface area contributed by atoms with Crippen LogP contribution in [-0.4, -0.2) is 66.3 Å². The average Bonchev–Trinajstić information content (AvgIpc) is 2.88. The smallest absolute Gasteiger partial charge is 0.247 e. The molecule has 0 atom stereocenters. The number of anilines is 3. The van der Waals surface area contributed by atoms with Gasteiger partial charge in [-0.05, 0) is 54.6 Å². The van der Waals surface area contributed by atoms with E-state index in [9.17, 15) is 9.18 Å². The van der Waals surface area contributed by atoms with Crippen molar-refractivity contribution < 1.29 is 9.18 Å². The van der Waals surface area contributed by atoms with Crippen molar-refractivity contribution in [1.82, 2.24) is 14.8 Å². The maximum absolute atomic E-state index is 12.4. The van der Waals surface area contributed by atoms with Crippen LogP contribution < -0.4 is 21.8 Å². The highest BCUT2D eigenvalue weighted by atomic mass is 19.1. The number of rotatable bonds is 9. The van der Waals surface area contributed by atoms with Crippen molar-refractivity contribution in [2.45, 2.75) is 6.04 Å². The standard InChI is InChI=1S/C28H32FN7O/c1-2-28(37)32-23-6-3-5-20(15-23)26-7-4-8-27-25(30)18-35(19-36(26)27)33-22-11-9-21(10-12-22)31-24-16-34(17-24)14-13-29/h2-12,15,24,31,33H,1,13-14,16-19,30H2,(H,32,37). The first-order valence-corrected chi connectivity index (χ1v) is 12.4. The summed E-state index contributed by atoms with van der Waals surface area (Å²) in [6, 6.07) is 16.2. The number of nitrogens with one attached hydrogen (secondary N) is 3. The summed E-state index contributed by atoms with van der Waals surface area (Å²) in [5, 5.41) is 8.39. The molecule has 3 aliphatic heterocycles. The number of hydrogen-bond donors (Lipinski definition) is 4. The first-order chi connectivity index (χ1) is 18.0. The number of likely N-dealkylation sites (tertiary alicyclic amines) is 1. The van der Waals surface area contributed by atoms with E-state index < -0.39 is 0 Å². The zero-order chi connectivity index (χ0) is 25.8. The monoisotopic (exact) mass is 501 g/mol. The van der Waals surface area contributed by atoms with Crippen LogP contribution in [0.25, 0.3) is 5.70 Å². The fourth-order valence-corrected chi connectivity index (χ4v) is 4.78. The summed E-state index contributed by atoms with van der Waals surface area (Å²) in [4.78, 5) is 16.0. The topological polar surface area (TPSA) is 88.9 Å². The second kappa shape index (κ2) is 10.9. The number of nitrogens with two attached hydrogens (primary N) is 1. The molecule has 2 aromatic rings. The molecule has 0 saturated carbocycles. The van der Waals surface area contributed by atoms with Crippen LogP contribution in [-0.2, 0) is 4.79 Å². The molecule has 8 nitrogen and oxygen atoms in total. The number of hydrazine groups is 1. The molecular weight excluding hydrogens is 469 g/mol. The van der Waals surface area contributed by atoms with E-state index in [1.165, 1.54) is 6.08 Å². The second-order valence-corrected chi connectivity index (χ2v) is 9.34. The zero-order valence-corrected chi connectivity index (χ0v) is 20.7. The molecule has 0 aromatic heterocycles. The molecule has 1 amide bonds. The van der Waals surface area contributed by atoms with Crippen molar-refractivity contribution in [3.63, 3.8) is 0 Å². The van der Waals surface area contributed by atoms with Gasteiger partial charge in [0.15, 0.2) is 0 Å². The number of halogens is 1. The maximum atomic E-state index is 12.4. The predicted molar refractivity (Wildman–Crippen MR) is 147 cm³/mol. The van der Waals surface area contributed by atoms with E-state index >= 15 is 0 Å². The van der Waals surface area contributed by atoms with Crippen molar-refractivity contribution >= 4 is 28.7 Å². The van der Waals surface area contributed by atoms with Gasteiger partial charge in [0.1, 0.15) is 6.67 Å². The fraction of sp³-hybridized carbons (Fsp3) is 0.250. The first kappa shape index (κ1) is 24.6. The van der Waals surface area contributed by atoms with Crippen molar-refractivity contribution in [3.05, 3.63) is 96.4 Å². The van der Waals surface area contributed by atoms with Gasteiger partial charge < -0.3 is 26.7 Å². The highest BCUT2D eigenvalue weighted by Crippen LogP contribution is 2.32. The quantitative estimate of drug-likeness (QED) is 0.391. The third-order valence-electron chi connectivity index (χ3n) is 6.60. The first-order valence-electron chi connectivity index (χ1n) is 12.4. The van der Waals surface area contributed by atoms with Crippen LogP contribution in [0.1, 0.15) is 5.56 Å². The van der Waals surface area contributed by atoms with E-state index in [1.54, 1.807) is 0 Å². The van der Waals surface area contributed by atoms with Gasteiger partial charge in [-0.25, -0.2) is 4.39 Å². The Kier molecular flexibility index (Phi) is 7.25. The summed E-state index contributed by atoms with van der Waals surface area (Å²) >= 11 is 0. The lowest BCUT2D eigenvalue weighted by atomic mass is 10.0.